The summed E-state index contributed by atoms with van der Waals surface area (Å²) >= 11 is 6.33. The van der Waals surface area contributed by atoms with E-state index in [1.807, 2.05) is 12.1 Å². The normalized spacial score (nSPS) is 18.5. The molecule has 0 N–H and O–H groups in total. The number of hydrogen-bond acceptors (Lipinski definition) is 2. The van der Waals surface area contributed by atoms with Crippen LogP contribution < -0.4 is 4.74 Å². The molecule has 1 aromatic rings. The quantitative estimate of drug-likeness (QED) is 0.816. The fourth-order valence-electron chi connectivity index (χ4n) is 2.56. The fraction of sp³-hybridized carbons (Fsp3) is 0.538. The predicted molar refractivity (Wildman–Crippen MR) is 74.6 cm³/mol. The van der Waals surface area contributed by atoms with Crippen molar-refractivity contribution in [3.8, 4) is 5.75 Å². The second-order valence-corrected chi connectivity index (χ2v) is 4.92. The maximum atomic E-state index is 6.33. The van der Waals surface area contributed by atoms with Crippen LogP contribution in [0.2, 0.25) is 5.02 Å². The average Bonchev–Trinajstić information content (AvgIpc) is 2.29. The first kappa shape index (κ1) is 14.6. The molecule has 2 nitrogen and oxygen atoms in total. The number of rotatable bonds is 2. The van der Waals surface area contributed by atoms with E-state index in [2.05, 4.69) is 19.0 Å². The summed E-state index contributed by atoms with van der Waals surface area (Å²) in [7, 11) is 5.94. The summed E-state index contributed by atoms with van der Waals surface area (Å²) in [6, 6.07) is 4.34. The minimum absolute atomic E-state index is 0. The van der Waals surface area contributed by atoms with Gasteiger partial charge >= 0.3 is 0 Å². The molecule has 0 amide bonds. The molecule has 0 heterocycles. The van der Waals surface area contributed by atoms with Gasteiger partial charge in [0.05, 0.1) is 7.11 Å². The molecule has 0 aromatic heterocycles. The van der Waals surface area contributed by atoms with E-state index in [0.29, 0.717) is 6.04 Å². The molecular weight excluding hydrogens is 257 g/mol. The Hall–Kier alpha value is -0.440. The number of fused-ring (bicyclic) bond motifs is 1. The van der Waals surface area contributed by atoms with Gasteiger partial charge in [0.15, 0.2) is 0 Å². The summed E-state index contributed by atoms with van der Waals surface area (Å²) in [5.74, 6) is 0.978. The van der Waals surface area contributed by atoms with E-state index >= 15 is 0 Å². The third kappa shape index (κ3) is 2.70. The molecule has 0 fully saturated rings. The van der Waals surface area contributed by atoms with Crippen LogP contribution in [-0.4, -0.2) is 26.1 Å². The maximum absolute atomic E-state index is 6.33. The Morgan fingerprint density at radius 2 is 2.06 bits per heavy atom. The molecule has 1 aliphatic rings. The van der Waals surface area contributed by atoms with Crippen molar-refractivity contribution in [3.05, 3.63) is 28.3 Å². The van der Waals surface area contributed by atoms with E-state index in [-0.39, 0.29) is 12.4 Å². The number of hydrogen-bond donors (Lipinski definition) is 0. The highest BCUT2D eigenvalue weighted by Crippen LogP contribution is 2.41. The Kier molecular flexibility index (Phi) is 5.11. The van der Waals surface area contributed by atoms with Crippen molar-refractivity contribution in [2.75, 3.05) is 21.2 Å². The van der Waals surface area contributed by atoms with Gasteiger partial charge in [0, 0.05) is 16.6 Å². The lowest BCUT2D eigenvalue weighted by Crippen LogP contribution is -2.24. The van der Waals surface area contributed by atoms with Gasteiger partial charge in [-0.15, -0.1) is 12.4 Å². The highest BCUT2D eigenvalue weighted by molar-refractivity contribution is 6.31. The van der Waals surface area contributed by atoms with Crippen LogP contribution in [0.5, 0.6) is 5.75 Å². The van der Waals surface area contributed by atoms with E-state index in [1.165, 1.54) is 24.0 Å². The van der Waals surface area contributed by atoms with Crippen molar-refractivity contribution >= 4 is 24.0 Å². The zero-order valence-corrected chi connectivity index (χ0v) is 12.1. The molecule has 4 heteroatoms. The Morgan fingerprint density at radius 1 is 1.35 bits per heavy atom. The van der Waals surface area contributed by atoms with Gasteiger partial charge in [-0.1, -0.05) is 11.6 Å². The Bertz CT molecular complexity index is 393. The number of nitrogens with zero attached hydrogens (tertiary/aromatic N) is 1. The van der Waals surface area contributed by atoms with Gasteiger partial charge in [-0.05, 0) is 51.1 Å². The van der Waals surface area contributed by atoms with E-state index in [4.69, 9.17) is 16.3 Å². The second-order valence-electron chi connectivity index (χ2n) is 4.51. The molecule has 96 valence electrons. The van der Waals surface area contributed by atoms with Gasteiger partial charge in [-0.3, -0.25) is 0 Å². The molecule has 0 spiro atoms. The first-order valence-corrected chi connectivity index (χ1v) is 6.04. The van der Waals surface area contributed by atoms with E-state index < -0.39 is 0 Å². The third-order valence-electron chi connectivity index (χ3n) is 3.34. The van der Waals surface area contributed by atoms with Gasteiger partial charge < -0.3 is 9.64 Å². The number of methoxy groups -OCH3 is 1. The van der Waals surface area contributed by atoms with Gasteiger partial charge in [-0.25, -0.2) is 0 Å². The standard InChI is InChI=1S/C13H18ClNO.ClH/c1-15(2)11-6-4-5-9-12(16-3)8-7-10(14)13(9)11;/h7-8,11H,4-6H2,1-3H3;1H. The number of ether oxygens (including phenoxy) is 1. The molecule has 0 aliphatic heterocycles. The van der Waals surface area contributed by atoms with Crippen molar-refractivity contribution in [2.24, 2.45) is 0 Å². The topological polar surface area (TPSA) is 12.5 Å². The van der Waals surface area contributed by atoms with Gasteiger partial charge in [0.2, 0.25) is 0 Å². The predicted octanol–water partition coefficient (Wildman–Crippen LogP) is 3.71. The maximum Gasteiger partial charge on any atom is 0.122 e. The number of benzene rings is 1. The van der Waals surface area contributed by atoms with Crippen LogP contribution in [0.4, 0.5) is 0 Å². The van der Waals surface area contributed by atoms with Crippen LogP contribution in [0.3, 0.4) is 0 Å². The lowest BCUT2D eigenvalue weighted by atomic mass is 9.86. The van der Waals surface area contributed by atoms with Crippen LogP contribution in [0.15, 0.2) is 12.1 Å². The van der Waals surface area contributed by atoms with Crippen LogP contribution in [0.1, 0.15) is 30.0 Å². The first-order valence-electron chi connectivity index (χ1n) is 5.67. The third-order valence-corrected chi connectivity index (χ3v) is 3.67. The van der Waals surface area contributed by atoms with Gasteiger partial charge in [-0.2, -0.15) is 0 Å². The van der Waals surface area contributed by atoms with Crippen LogP contribution >= 0.6 is 24.0 Å². The van der Waals surface area contributed by atoms with Crippen molar-refractivity contribution in [3.63, 3.8) is 0 Å². The van der Waals surface area contributed by atoms with Gasteiger partial charge in [0.25, 0.3) is 0 Å². The highest BCUT2D eigenvalue weighted by atomic mass is 35.5. The summed E-state index contributed by atoms with van der Waals surface area (Å²) in [5, 5.41) is 0.870. The molecular formula is C13H19Cl2NO. The molecule has 0 saturated carbocycles. The average molecular weight is 276 g/mol. The largest absolute Gasteiger partial charge is 0.496 e. The molecule has 2 rings (SSSR count). The zero-order chi connectivity index (χ0) is 11.7. The molecule has 0 bridgehead atoms. The van der Waals surface area contributed by atoms with E-state index in [1.54, 1.807) is 7.11 Å². The SMILES string of the molecule is COc1ccc(Cl)c2c1CCCC2N(C)C.Cl. The molecule has 0 saturated heterocycles. The Labute approximate surface area is 114 Å². The minimum Gasteiger partial charge on any atom is -0.496 e. The van der Waals surface area contributed by atoms with Crippen LogP contribution in [0.25, 0.3) is 0 Å². The molecule has 1 unspecified atom stereocenters. The van der Waals surface area contributed by atoms with Crippen LogP contribution in [-0.2, 0) is 6.42 Å². The highest BCUT2D eigenvalue weighted by Gasteiger charge is 2.26. The smallest absolute Gasteiger partial charge is 0.122 e. The second kappa shape index (κ2) is 5.94. The molecule has 1 atom stereocenters. The molecule has 0 radical (unpaired) electrons. The van der Waals surface area contributed by atoms with E-state index in [9.17, 15) is 0 Å². The number of halogens is 2. The summed E-state index contributed by atoms with van der Waals surface area (Å²) in [6.45, 7) is 0. The Morgan fingerprint density at radius 3 is 2.65 bits per heavy atom. The van der Waals surface area contributed by atoms with Crippen LogP contribution in [0, 0.1) is 0 Å². The summed E-state index contributed by atoms with van der Waals surface area (Å²) in [5.41, 5.74) is 2.55. The summed E-state index contributed by atoms with van der Waals surface area (Å²) in [4.78, 5) is 2.24. The van der Waals surface area contributed by atoms with Crippen molar-refractivity contribution < 1.29 is 4.74 Å². The van der Waals surface area contributed by atoms with Crippen molar-refractivity contribution in [2.45, 2.75) is 25.3 Å². The first-order chi connectivity index (χ1) is 7.65. The van der Waals surface area contributed by atoms with E-state index in [0.717, 1.165) is 17.2 Å². The monoisotopic (exact) mass is 275 g/mol. The summed E-state index contributed by atoms with van der Waals surface area (Å²) < 4.78 is 5.42. The van der Waals surface area contributed by atoms with Crippen molar-refractivity contribution in [1.29, 1.82) is 0 Å². The Balaban J connectivity index is 0.00000144. The molecule has 1 aromatic carbocycles. The zero-order valence-electron chi connectivity index (χ0n) is 10.5. The van der Waals surface area contributed by atoms with Crippen molar-refractivity contribution in [1.82, 2.24) is 4.90 Å². The fourth-order valence-corrected chi connectivity index (χ4v) is 2.86. The molecule has 1 aliphatic carbocycles. The lowest BCUT2D eigenvalue weighted by Gasteiger charge is -2.32. The molecule has 17 heavy (non-hydrogen) atoms. The summed E-state index contributed by atoms with van der Waals surface area (Å²) in [6.07, 6.45) is 3.45. The van der Waals surface area contributed by atoms with Gasteiger partial charge in [0.1, 0.15) is 5.75 Å². The minimum atomic E-state index is 0. The lowest BCUT2D eigenvalue weighted by molar-refractivity contribution is 0.266.